The standard InChI is InChI=1S/C14H26N2O2/c1-14(2,3)12-9-10(6-8-18-12)16-13(17)11-5-4-7-15-11/h10-12,15H,4-9H2,1-3H3,(H,16,17). The van der Waals surface area contributed by atoms with Gasteiger partial charge in [0.15, 0.2) is 0 Å². The molecule has 0 aliphatic carbocycles. The number of hydrogen-bond acceptors (Lipinski definition) is 3. The zero-order chi connectivity index (χ0) is 13.2. The first kappa shape index (κ1) is 13.8. The fourth-order valence-electron chi connectivity index (χ4n) is 2.74. The van der Waals surface area contributed by atoms with Gasteiger partial charge in [-0.3, -0.25) is 4.79 Å². The number of ether oxygens (including phenoxy) is 1. The molecule has 2 saturated heterocycles. The summed E-state index contributed by atoms with van der Waals surface area (Å²) in [7, 11) is 0. The molecule has 1 amide bonds. The number of hydrogen-bond donors (Lipinski definition) is 2. The maximum absolute atomic E-state index is 12.1. The first-order chi connectivity index (χ1) is 8.47. The smallest absolute Gasteiger partial charge is 0.237 e. The van der Waals surface area contributed by atoms with E-state index in [2.05, 4.69) is 31.4 Å². The molecule has 104 valence electrons. The van der Waals surface area contributed by atoms with E-state index in [1.54, 1.807) is 0 Å². The summed E-state index contributed by atoms with van der Waals surface area (Å²) in [5.74, 6) is 0.173. The first-order valence-electron chi connectivity index (χ1n) is 7.12. The summed E-state index contributed by atoms with van der Waals surface area (Å²) in [6, 6.07) is 0.304. The lowest BCUT2D eigenvalue weighted by Gasteiger charge is -2.38. The van der Waals surface area contributed by atoms with Crippen molar-refractivity contribution in [1.82, 2.24) is 10.6 Å². The summed E-state index contributed by atoms with van der Waals surface area (Å²) in [6.45, 7) is 8.31. The molecule has 0 radical (unpaired) electrons. The summed E-state index contributed by atoms with van der Waals surface area (Å²) >= 11 is 0. The van der Waals surface area contributed by atoms with Crippen molar-refractivity contribution in [3.05, 3.63) is 0 Å². The maximum Gasteiger partial charge on any atom is 0.237 e. The molecule has 0 aromatic carbocycles. The average molecular weight is 254 g/mol. The predicted octanol–water partition coefficient (Wildman–Crippen LogP) is 1.45. The Morgan fingerprint density at radius 3 is 2.72 bits per heavy atom. The molecular formula is C14H26N2O2. The molecule has 2 N–H and O–H groups in total. The van der Waals surface area contributed by atoms with Gasteiger partial charge in [-0.15, -0.1) is 0 Å². The van der Waals surface area contributed by atoms with Crippen molar-refractivity contribution >= 4 is 5.91 Å². The number of carbonyl (C=O) groups excluding carboxylic acids is 1. The van der Waals surface area contributed by atoms with E-state index in [4.69, 9.17) is 4.74 Å². The minimum absolute atomic E-state index is 0.0286. The molecule has 2 aliphatic heterocycles. The third-order valence-corrected chi connectivity index (χ3v) is 3.97. The molecule has 2 fully saturated rings. The van der Waals surface area contributed by atoms with Gasteiger partial charge < -0.3 is 15.4 Å². The van der Waals surface area contributed by atoms with E-state index in [1.807, 2.05) is 0 Å². The number of amides is 1. The first-order valence-corrected chi connectivity index (χ1v) is 7.12. The Morgan fingerprint density at radius 1 is 1.33 bits per heavy atom. The van der Waals surface area contributed by atoms with E-state index in [1.165, 1.54) is 0 Å². The molecule has 0 saturated carbocycles. The van der Waals surface area contributed by atoms with Gasteiger partial charge in [0, 0.05) is 12.6 Å². The molecule has 2 heterocycles. The molecule has 4 nitrogen and oxygen atoms in total. The van der Waals surface area contributed by atoms with Crippen LogP contribution in [0.2, 0.25) is 0 Å². The van der Waals surface area contributed by atoms with Crippen LogP contribution in [-0.4, -0.2) is 37.2 Å². The van der Waals surface area contributed by atoms with E-state index in [-0.39, 0.29) is 29.5 Å². The lowest BCUT2D eigenvalue weighted by Crippen LogP contribution is -2.50. The quantitative estimate of drug-likeness (QED) is 0.784. The van der Waals surface area contributed by atoms with Crippen LogP contribution in [0.25, 0.3) is 0 Å². The molecule has 4 heteroatoms. The zero-order valence-electron chi connectivity index (χ0n) is 11.8. The maximum atomic E-state index is 12.1. The minimum atomic E-state index is 0.0286. The van der Waals surface area contributed by atoms with Crippen molar-refractivity contribution in [2.75, 3.05) is 13.2 Å². The number of nitrogens with one attached hydrogen (secondary N) is 2. The van der Waals surface area contributed by atoms with Gasteiger partial charge in [-0.2, -0.15) is 0 Å². The van der Waals surface area contributed by atoms with E-state index in [9.17, 15) is 4.79 Å². The summed E-state index contributed by atoms with van der Waals surface area (Å²) < 4.78 is 5.81. The topological polar surface area (TPSA) is 50.4 Å². The SMILES string of the molecule is CC(C)(C)C1CC(NC(=O)C2CCCN2)CCO1. The summed E-state index contributed by atoms with van der Waals surface area (Å²) in [6.07, 6.45) is 4.19. The largest absolute Gasteiger partial charge is 0.378 e. The molecule has 2 aliphatic rings. The second kappa shape index (κ2) is 5.57. The molecular weight excluding hydrogens is 228 g/mol. The van der Waals surface area contributed by atoms with Crippen molar-refractivity contribution in [2.45, 2.75) is 64.6 Å². The van der Waals surface area contributed by atoms with E-state index in [0.717, 1.165) is 38.8 Å². The minimum Gasteiger partial charge on any atom is -0.378 e. The normalized spacial score (nSPS) is 33.4. The zero-order valence-corrected chi connectivity index (χ0v) is 11.8. The van der Waals surface area contributed by atoms with Crippen LogP contribution in [0.4, 0.5) is 0 Å². The highest BCUT2D eigenvalue weighted by molar-refractivity contribution is 5.82. The second-order valence-corrected chi connectivity index (χ2v) is 6.60. The molecule has 0 bridgehead atoms. The van der Waals surface area contributed by atoms with E-state index < -0.39 is 0 Å². The molecule has 2 rings (SSSR count). The van der Waals surface area contributed by atoms with Gasteiger partial charge >= 0.3 is 0 Å². The van der Waals surface area contributed by atoms with Gasteiger partial charge in [0.25, 0.3) is 0 Å². The second-order valence-electron chi connectivity index (χ2n) is 6.60. The van der Waals surface area contributed by atoms with Gasteiger partial charge in [-0.05, 0) is 37.6 Å². The molecule has 0 spiro atoms. The van der Waals surface area contributed by atoms with Crippen molar-refractivity contribution in [2.24, 2.45) is 5.41 Å². The highest BCUT2D eigenvalue weighted by atomic mass is 16.5. The van der Waals surface area contributed by atoms with Crippen molar-refractivity contribution in [3.8, 4) is 0 Å². The molecule has 0 aromatic rings. The molecule has 18 heavy (non-hydrogen) atoms. The Labute approximate surface area is 110 Å². The third kappa shape index (κ3) is 3.45. The Balaban J connectivity index is 1.83. The van der Waals surface area contributed by atoms with Gasteiger partial charge in [-0.25, -0.2) is 0 Å². The predicted molar refractivity (Wildman–Crippen MR) is 71.4 cm³/mol. The van der Waals surface area contributed by atoms with Crippen LogP contribution >= 0.6 is 0 Å². The number of carbonyl (C=O) groups is 1. The van der Waals surface area contributed by atoms with Crippen LogP contribution in [0, 0.1) is 5.41 Å². The summed E-state index contributed by atoms with van der Waals surface area (Å²) in [4.78, 5) is 12.1. The fourth-order valence-corrected chi connectivity index (χ4v) is 2.74. The van der Waals surface area contributed by atoms with Crippen LogP contribution in [0.15, 0.2) is 0 Å². The third-order valence-electron chi connectivity index (χ3n) is 3.97. The van der Waals surface area contributed by atoms with Crippen LogP contribution in [0.5, 0.6) is 0 Å². The van der Waals surface area contributed by atoms with Crippen LogP contribution in [0.3, 0.4) is 0 Å². The van der Waals surface area contributed by atoms with Gasteiger partial charge in [0.1, 0.15) is 0 Å². The molecule has 3 atom stereocenters. The lowest BCUT2D eigenvalue weighted by atomic mass is 9.83. The van der Waals surface area contributed by atoms with Gasteiger partial charge in [0.05, 0.1) is 12.1 Å². The van der Waals surface area contributed by atoms with Crippen LogP contribution in [0.1, 0.15) is 46.5 Å². The Morgan fingerprint density at radius 2 is 2.11 bits per heavy atom. The number of rotatable bonds is 2. The monoisotopic (exact) mass is 254 g/mol. The lowest BCUT2D eigenvalue weighted by molar-refractivity contribution is -0.125. The summed E-state index contributed by atoms with van der Waals surface area (Å²) in [5.41, 5.74) is 0.148. The van der Waals surface area contributed by atoms with E-state index >= 15 is 0 Å². The van der Waals surface area contributed by atoms with Crippen molar-refractivity contribution in [3.63, 3.8) is 0 Å². The molecule has 3 unspecified atom stereocenters. The Bertz CT molecular complexity index is 293. The van der Waals surface area contributed by atoms with Crippen LogP contribution in [-0.2, 0) is 9.53 Å². The van der Waals surface area contributed by atoms with Crippen molar-refractivity contribution < 1.29 is 9.53 Å². The van der Waals surface area contributed by atoms with Gasteiger partial charge in [-0.1, -0.05) is 20.8 Å². The summed E-state index contributed by atoms with van der Waals surface area (Å²) in [5, 5.41) is 6.43. The highest BCUT2D eigenvalue weighted by Crippen LogP contribution is 2.29. The van der Waals surface area contributed by atoms with Gasteiger partial charge in [0.2, 0.25) is 5.91 Å². The van der Waals surface area contributed by atoms with Crippen molar-refractivity contribution in [1.29, 1.82) is 0 Å². The van der Waals surface area contributed by atoms with E-state index in [0.29, 0.717) is 0 Å². The fraction of sp³-hybridized carbons (Fsp3) is 0.929. The Hall–Kier alpha value is -0.610. The molecule has 0 aromatic heterocycles. The Kier molecular flexibility index (Phi) is 4.28. The average Bonchev–Trinajstić information content (AvgIpc) is 2.81. The van der Waals surface area contributed by atoms with Crippen LogP contribution < -0.4 is 10.6 Å². The highest BCUT2D eigenvalue weighted by Gasteiger charge is 2.33.